The SMILES string of the molecule is CC(CN)(NC(=O)CCCNC(=O)c1ccc(F)cc1)C1CC1.Cl. The van der Waals surface area contributed by atoms with Crippen LogP contribution in [0.15, 0.2) is 24.3 Å². The maximum atomic E-state index is 12.8. The van der Waals surface area contributed by atoms with Crippen molar-refractivity contribution < 1.29 is 14.0 Å². The Morgan fingerprint density at radius 2 is 1.92 bits per heavy atom. The number of nitrogens with one attached hydrogen (secondary N) is 2. The van der Waals surface area contributed by atoms with Crippen LogP contribution in [0.1, 0.15) is 43.0 Å². The van der Waals surface area contributed by atoms with Crippen LogP contribution in [0.5, 0.6) is 0 Å². The minimum Gasteiger partial charge on any atom is -0.352 e. The predicted molar refractivity (Wildman–Crippen MR) is 93.5 cm³/mol. The first-order valence-corrected chi connectivity index (χ1v) is 7.99. The van der Waals surface area contributed by atoms with Crippen molar-refractivity contribution in [3.63, 3.8) is 0 Å². The molecular formula is C17H25ClFN3O2. The number of hydrogen-bond donors (Lipinski definition) is 3. The average Bonchev–Trinajstić information content (AvgIpc) is 3.37. The first kappa shape index (κ1) is 20.4. The van der Waals surface area contributed by atoms with Gasteiger partial charge in [0.15, 0.2) is 0 Å². The number of benzene rings is 1. The first-order valence-electron chi connectivity index (χ1n) is 7.99. The highest BCUT2D eigenvalue weighted by Crippen LogP contribution is 2.38. The maximum absolute atomic E-state index is 12.8. The molecule has 0 aliphatic heterocycles. The fourth-order valence-electron chi connectivity index (χ4n) is 2.58. The zero-order chi connectivity index (χ0) is 16.9. The monoisotopic (exact) mass is 357 g/mol. The summed E-state index contributed by atoms with van der Waals surface area (Å²) in [5.41, 5.74) is 5.86. The van der Waals surface area contributed by atoms with Gasteiger partial charge in [-0.1, -0.05) is 0 Å². The van der Waals surface area contributed by atoms with Crippen molar-refractivity contribution in [3.05, 3.63) is 35.6 Å². The molecule has 134 valence electrons. The van der Waals surface area contributed by atoms with E-state index in [1.54, 1.807) is 0 Å². The van der Waals surface area contributed by atoms with Crippen molar-refractivity contribution >= 4 is 24.2 Å². The van der Waals surface area contributed by atoms with Crippen LogP contribution in [-0.4, -0.2) is 30.4 Å². The Bertz CT molecular complexity index is 563. The Labute approximate surface area is 148 Å². The molecule has 24 heavy (non-hydrogen) atoms. The third-order valence-corrected chi connectivity index (χ3v) is 4.30. The van der Waals surface area contributed by atoms with E-state index in [0.717, 1.165) is 12.8 Å². The van der Waals surface area contributed by atoms with Crippen molar-refractivity contribution in [2.75, 3.05) is 13.1 Å². The number of amides is 2. The summed E-state index contributed by atoms with van der Waals surface area (Å²) in [7, 11) is 0. The van der Waals surface area contributed by atoms with Gasteiger partial charge in [0.1, 0.15) is 5.82 Å². The zero-order valence-electron chi connectivity index (χ0n) is 13.8. The van der Waals surface area contributed by atoms with Crippen molar-refractivity contribution in [2.45, 2.75) is 38.1 Å². The average molecular weight is 358 g/mol. The Balaban J connectivity index is 0.00000288. The number of carbonyl (C=O) groups excluding carboxylic acids is 2. The normalized spacial score (nSPS) is 15.8. The lowest BCUT2D eigenvalue weighted by atomic mass is 9.95. The van der Waals surface area contributed by atoms with Gasteiger partial charge < -0.3 is 16.4 Å². The molecule has 7 heteroatoms. The highest BCUT2D eigenvalue weighted by atomic mass is 35.5. The molecule has 5 nitrogen and oxygen atoms in total. The van der Waals surface area contributed by atoms with Crippen molar-refractivity contribution in [2.24, 2.45) is 11.7 Å². The molecule has 1 aliphatic rings. The molecular weight excluding hydrogens is 333 g/mol. The largest absolute Gasteiger partial charge is 0.352 e. The van der Waals surface area contributed by atoms with Crippen LogP contribution < -0.4 is 16.4 Å². The molecule has 0 saturated heterocycles. The molecule has 1 unspecified atom stereocenters. The molecule has 0 radical (unpaired) electrons. The topological polar surface area (TPSA) is 84.2 Å². The van der Waals surface area contributed by atoms with Crippen LogP contribution in [0.3, 0.4) is 0 Å². The quantitative estimate of drug-likeness (QED) is 0.622. The lowest BCUT2D eigenvalue weighted by molar-refractivity contribution is -0.123. The van der Waals surface area contributed by atoms with Crippen molar-refractivity contribution in [1.29, 1.82) is 0 Å². The molecule has 0 bridgehead atoms. The van der Waals surface area contributed by atoms with E-state index in [2.05, 4.69) is 10.6 Å². The van der Waals surface area contributed by atoms with Crippen LogP contribution in [0.25, 0.3) is 0 Å². The minimum absolute atomic E-state index is 0. The molecule has 0 aromatic heterocycles. The van der Waals surface area contributed by atoms with Crippen LogP contribution in [-0.2, 0) is 4.79 Å². The number of carbonyl (C=O) groups is 2. The summed E-state index contributed by atoms with van der Waals surface area (Å²) in [4.78, 5) is 23.8. The summed E-state index contributed by atoms with van der Waals surface area (Å²) in [6.45, 7) is 2.82. The van der Waals surface area contributed by atoms with E-state index in [9.17, 15) is 14.0 Å². The molecule has 1 fully saturated rings. The summed E-state index contributed by atoms with van der Waals surface area (Å²) >= 11 is 0. The highest BCUT2D eigenvalue weighted by Gasteiger charge is 2.41. The van der Waals surface area contributed by atoms with Gasteiger partial charge in [0.2, 0.25) is 5.91 Å². The van der Waals surface area contributed by atoms with E-state index in [4.69, 9.17) is 5.73 Å². The van der Waals surface area contributed by atoms with Gasteiger partial charge in [0.05, 0.1) is 5.54 Å². The van der Waals surface area contributed by atoms with Gasteiger partial charge in [-0.25, -0.2) is 4.39 Å². The molecule has 1 aliphatic carbocycles. The maximum Gasteiger partial charge on any atom is 0.251 e. The molecule has 1 aromatic rings. The summed E-state index contributed by atoms with van der Waals surface area (Å²) in [5, 5.41) is 5.73. The molecule has 2 rings (SSSR count). The number of halogens is 2. The van der Waals surface area contributed by atoms with E-state index in [1.165, 1.54) is 24.3 Å². The van der Waals surface area contributed by atoms with Crippen molar-refractivity contribution in [1.82, 2.24) is 10.6 Å². The van der Waals surface area contributed by atoms with Crippen molar-refractivity contribution in [3.8, 4) is 0 Å². The number of hydrogen-bond acceptors (Lipinski definition) is 3. The molecule has 1 atom stereocenters. The summed E-state index contributed by atoms with van der Waals surface area (Å²) < 4.78 is 12.8. The fourth-order valence-corrected chi connectivity index (χ4v) is 2.58. The molecule has 0 spiro atoms. The highest BCUT2D eigenvalue weighted by molar-refractivity contribution is 5.94. The lowest BCUT2D eigenvalue weighted by Gasteiger charge is -2.29. The third kappa shape index (κ3) is 5.76. The Morgan fingerprint density at radius 3 is 2.46 bits per heavy atom. The van der Waals surface area contributed by atoms with Gasteiger partial charge in [-0.15, -0.1) is 12.4 Å². The first-order chi connectivity index (χ1) is 10.9. The van der Waals surface area contributed by atoms with Crippen LogP contribution in [0.2, 0.25) is 0 Å². The van der Waals surface area contributed by atoms with Gasteiger partial charge in [-0.2, -0.15) is 0 Å². The second-order valence-corrected chi connectivity index (χ2v) is 6.31. The zero-order valence-corrected chi connectivity index (χ0v) is 14.6. The summed E-state index contributed by atoms with van der Waals surface area (Å²) in [6.07, 6.45) is 3.11. The Hall–Kier alpha value is -1.66. The number of nitrogens with two attached hydrogens (primary N) is 1. The number of rotatable bonds is 8. The second kappa shape index (κ2) is 8.99. The van der Waals surface area contributed by atoms with E-state index >= 15 is 0 Å². The summed E-state index contributed by atoms with van der Waals surface area (Å²) in [6, 6.07) is 5.35. The molecule has 0 heterocycles. The minimum atomic E-state index is -0.378. The second-order valence-electron chi connectivity index (χ2n) is 6.31. The van der Waals surface area contributed by atoms with Crippen LogP contribution in [0.4, 0.5) is 4.39 Å². The Kier molecular flexibility index (Phi) is 7.63. The Morgan fingerprint density at radius 1 is 1.29 bits per heavy atom. The predicted octanol–water partition coefficient (Wildman–Crippen LogP) is 2.00. The molecule has 1 aromatic carbocycles. The third-order valence-electron chi connectivity index (χ3n) is 4.30. The van der Waals surface area contributed by atoms with E-state index in [0.29, 0.717) is 37.4 Å². The van der Waals surface area contributed by atoms with Gasteiger partial charge >= 0.3 is 0 Å². The smallest absolute Gasteiger partial charge is 0.251 e. The fraction of sp³-hybridized carbons (Fsp3) is 0.529. The molecule has 1 saturated carbocycles. The standard InChI is InChI=1S/C17H24FN3O2.ClH/c1-17(11-19,13-6-7-13)21-15(22)3-2-10-20-16(23)12-4-8-14(18)9-5-12;/h4-5,8-9,13H,2-3,6-7,10-11,19H2,1H3,(H,20,23)(H,21,22);1H. The summed E-state index contributed by atoms with van der Waals surface area (Å²) in [5.74, 6) is -0.206. The molecule has 2 amide bonds. The van der Waals surface area contributed by atoms with Gasteiger partial charge in [0.25, 0.3) is 5.91 Å². The van der Waals surface area contributed by atoms with Gasteiger partial charge in [0, 0.05) is 25.1 Å². The van der Waals surface area contributed by atoms with E-state index < -0.39 is 0 Å². The van der Waals surface area contributed by atoms with Gasteiger partial charge in [-0.3, -0.25) is 9.59 Å². The van der Waals surface area contributed by atoms with Crippen LogP contribution in [0, 0.1) is 11.7 Å². The van der Waals surface area contributed by atoms with E-state index in [1.807, 2.05) is 6.92 Å². The lowest BCUT2D eigenvalue weighted by Crippen LogP contribution is -2.53. The van der Waals surface area contributed by atoms with E-state index in [-0.39, 0.29) is 35.6 Å². The van der Waals surface area contributed by atoms with Gasteiger partial charge in [-0.05, 0) is 56.4 Å². The molecule has 4 N–H and O–H groups in total. The van der Waals surface area contributed by atoms with Crippen LogP contribution >= 0.6 is 12.4 Å².